The fourth-order valence-electron chi connectivity index (χ4n) is 3.56. The van der Waals surface area contributed by atoms with Gasteiger partial charge < -0.3 is 4.90 Å². The van der Waals surface area contributed by atoms with Gasteiger partial charge in [0.2, 0.25) is 15.9 Å². The zero-order chi connectivity index (χ0) is 21.1. The first-order valence-electron chi connectivity index (χ1n) is 9.71. The van der Waals surface area contributed by atoms with Gasteiger partial charge in [-0.2, -0.15) is 11.8 Å². The Morgan fingerprint density at radius 1 is 1.17 bits per heavy atom. The van der Waals surface area contributed by atoms with Crippen LogP contribution in [-0.2, 0) is 14.8 Å². The lowest BCUT2D eigenvalue weighted by molar-refractivity contribution is -0.117. The predicted molar refractivity (Wildman–Crippen MR) is 117 cm³/mol. The summed E-state index contributed by atoms with van der Waals surface area (Å²) in [5, 5.41) is 8.38. The number of carbonyl (C=O) groups excluding carboxylic acids is 1. The summed E-state index contributed by atoms with van der Waals surface area (Å²) < 4.78 is 30.7. The van der Waals surface area contributed by atoms with E-state index in [-0.39, 0.29) is 10.8 Å². The summed E-state index contributed by atoms with van der Waals surface area (Å²) in [6.07, 6.45) is 5.74. The number of nitrogens with zero attached hydrogens (tertiary/aromatic N) is 4. The van der Waals surface area contributed by atoms with Crippen LogP contribution < -0.4 is 9.62 Å². The van der Waals surface area contributed by atoms with Crippen molar-refractivity contribution in [2.45, 2.75) is 30.2 Å². The number of thioether (sulfide) groups is 1. The minimum absolute atomic E-state index is 0.0690. The lowest BCUT2D eigenvalue weighted by Gasteiger charge is -2.18. The maximum absolute atomic E-state index is 13.1. The van der Waals surface area contributed by atoms with E-state index in [0.29, 0.717) is 30.9 Å². The fourth-order valence-corrected chi connectivity index (χ4v) is 5.26. The van der Waals surface area contributed by atoms with Crippen LogP contribution >= 0.6 is 11.8 Å². The first kappa shape index (κ1) is 20.8. The van der Waals surface area contributed by atoms with Crippen molar-refractivity contribution in [3.8, 4) is 0 Å². The molecule has 4 rings (SSSR count). The van der Waals surface area contributed by atoms with Crippen LogP contribution in [0.25, 0.3) is 5.65 Å². The summed E-state index contributed by atoms with van der Waals surface area (Å²) in [7, 11) is -3.78. The molecule has 30 heavy (non-hydrogen) atoms. The summed E-state index contributed by atoms with van der Waals surface area (Å²) in [6.45, 7) is 0.667. The average Bonchev–Trinajstić information content (AvgIpc) is 3.37. The van der Waals surface area contributed by atoms with Crippen molar-refractivity contribution in [2.75, 3.05) is 23.5 Å². The molecule has 3 aromatic rings. The molecule has 1 saturated heterocycles. The molecule has 0 spiro atoms. The number of benzene rings is 1. The molecule has 1 fully saturated rings. The van der Waals surface area contributed by atoms with Crippen molar-refractivity contribution < 1.29 is 13.2 Å². The van der Waals surface area contributed by atoms with Crippen molar-refractivity contribution in [3.63, 3.8) is 0 Å². The molecule has 158 valence electrons. The molecule has 1 N–H and O–H groups in total. The van der Waals surface area contributed by atoms with Gasteiger partial charge in [0.1, 0.15) is 0 Å². The van der Waals surface area contributed by atoms with E-state index in [0.717, 1.165) is 17.9 Å². The molecule has 0 bridgehead atoms. The fraction of sp³-hybridized carbons (Fsp3) is 0.350. The monoisotopic (exact) mass is 445 g/mol. The molecule has 8 nitrogen and oxygen atoms in total. The second-order valence-corrected chi connectivity index (χ2v) is 9.78. The first-order chi connectivity index (χ1) is 14.5. The largest absolute Gasteiger partial charge is 0.312 e. The highest BCUT2D eigenvalue weighted by Crippen LogP contribution is 2.25. The molecule has 1 aromatic carbocycles. The van der Waals surface area contributed by atoms with Crippen LogP contribution in [0.1, 0.15) is 31.1 Å². The third-order valence-corrected chi connectivity index (χ3v) is 7.22. The van der Waals surface area contributed by atoms with Crippen molar-refractivity contribution in [1.29, 1.82) is 0 Å². The number of amides is 1. The molecule has 10 heteroatoms. The standard InChI is InChI=1S/C20H23N5O3S2/c1-29-14-11-17(20-22-21-18-5-2-3-12-25(18)20)23-30(27,28)16-9-7-15(8-10-16)24-13-4-6-19(24)26/h2-3,5,7-10,12,17,23H,4,6,11,13-14H2,1H3/t17-/m1/s1. The normalized spacial score (nSPS) is 15.8. The number of pyridine rings is 1. The number of fused-ring (bicyclic) bond motifs is 1. The van der Waals surface area contributed by atoms with Gasteiger partial charge in [-0.3, -0.25) is 9.20 Å². The molecule has 0 saturated carbocycles. The summed E-state index contributed by atoms with van der Waals surface area (Å²) in [5.41, 5.74) is 1.39. The Hall–Kier alpha value is -2.43. The minimum atomic E-state index is -3.78. The van der Waals surface area contributed by atoms with Crippen LogP contribution in [0.15, 0.2) is 53.6 Å². The third-order valence-electron chi connectivity index (χ3n) is 5.09. The second kappa shape index (κ2) is 8.75. The third kappa shape index (κ3) is 4.21. The lowest BCUT2D eigenvalue weighted by atomic mass is 10.2. The highest BCUT2D eigenvalue weighted by atomic mass is 32.2. The smallest absolute Gasteiger partial charge is 0.241 e. The Bertz CT molecular complexity index is 1140. The van der Waals surface area contributed by atoms with Gasteiger partial charge in [0.25, 0.3) is 0 Å². The van der Waals surface area contributed by atoms with Crippen LogP contribution in [0.3, 0.4) is 0 Å². The van der Waals surface area contributed by atoms with E-state index in [4.69, 9.17) is 0 Å². The Kier molecular flexibility index (Phi) is 6.07. The highest BCUT2D eigenvalue weighted by molar-refractivity contribution is 7.98. The maximum Gasteiger partial charge on any atom is 0.241 e. The Labute approximate surface area is 179 Å². The highest BCUT2D eigenvalue weighted by Gasteiger charge is 2.26. The first-order valence-corrected chi connectivity index (χ1v) is 12.6. The maximum atomic E-state index is 13.1. The number of hydrogen-bond acceptors (Lipinski definition) is 6. The SMILES string of the molecule is CSCC[C@@H](NS(=O)(=O)c1ccc(N2CCCC2=O)cc1)c1nnc2ccccn12. The van der Waals surface area contributed by atoms with Gasteiger partial charge in [0.05, 0.1) is 10.9 Å². The van der Waals surface area contributed by atoms with E-state index >= 15 is 0 Å². The zero-order valence-electron chi connectivity index (χ0n) is 16.6. The van der Waals surface area contributed by atoms with E-state index in [1.807, 2.05) is 30.7 Å². The topological polar surface area (TPSA) is 96.7 Å². The second-order valence-electron chi connectivity index (χ2n) is 7.09. The number of anilines is 1. The van der Waals surface area contributed by atoms with Crippen LogP contribution in [0, 0.1) is 0 Å². The molecule has 0 unspecified atom stereocenters. The number of aromatic nitrogens is 3. The van der Waals surface area contributed by atoms with Crippen molar-refractivity contribution in [1.82, 2.24) is 19.3 Å². The number of rotatable bonds is 8. The number of carbonyl (C=O) groups is 1. The van der Waals surface area contributed by atoms with Crippen molar-refractivity contribution >= 4 is 39.0 Å². The number of hydrogen-bond donors (Lipinski definition) is 1. The molecule has 1 atom stereocenters. The van der Waals surface area contributed by atoms with Gasteiger partial charge in [0, 0.05) is 24.8 Å². The molecule has 0 aliphatic carbocycles. The van der Waals surface area contributed by atoms with Gasteiger partial charge in [-0.15, -0.1) is 10.2 Å². The van der Waals surface area contributed by atoms with Crippen molar-refractivity contribution in [3.05, 3.63) is 54.5 Å². The van der Waals surface area contributed by atoms with Gasteiger partial charge >= 0.3 is 0 Å². The Balaban J connectivity index is 1.59. The van der Waals surface area contributed by atoms with Crippen molar-refractivity contribution in [2.24, 2.45) is 0 Å². The van der Waals surface area contributed by atoms with E-state index in [1.54, 1.807) is 33.2 Å². The average molecular weight is 446 g/mol. The van der Waals surface area contributed by atoms with E-state index in [1.165, 1.54) is 12.1 Å². The molecule has 1 aliphatic rings. The summed E-state index contributed by atoms with van der Waals surface area (Å²) in [5.74, 6) is 1.40. The lowest BCUT2D eigenvalue weighted by Crippen LogP contribution is -2.30. The quantitative estimate of drug-likeness (QED) is 0.573. The van der Waals surface area contributed by atoms with Gasteiger partial charge in [0.15, 0.2) is 11.5 Å². The van der Waals surface area contributed by atoms with Crippen LogP contribution in [0.5, 0.6) is 0 Å². The van der Waals surface area contributed by atoms with Gasteiger partial charge in [-0.1, -0.05) is 6.07 Å². The molecular weight excluding hydrogens is 422 g/mol. The molecule has 1 amide bonds. The molecular formula is C20H23N5O3S2. The predicted octanol–water partition coefficient (Wildman–Crippen LogP) is 2.63. The van der Waals surface area contributed by atoms with Crippen LogP contribution in [0.2, 0.25) is 0 Å². The number of sulfonamides is 1. The molecule has 3 heterocycles. The minimum Gasteiger partial charge on any atom is -0.312 e. The van der Waals surface area contributed by atoms with Gasteiger partial charge in [-0.25, -0.2) is 13.1 Å². The van der Waals surface area contributed by atoms with Crippen LogP contribution in [0.4, 0.5) is 5.69 Å². The van der Waals surface area contributed by atoms with E-state index < -0.39 is 16.1 Å². The van der Waals surface area contributed by atoms with Crippen LogP contribution in [-0.4, -0.2) is 47.5 Å². The summed E-state index contributed by atoms with van der Waals surface area (Å²) in [6, 6.07) is 11.5. The number of nitrogens with one attached hydrogen (secondary N) is 1. The molecule has 0 radical (unpaired) electrons. The van der Waals surface area contributed by atoms with E-state index in [2.05, 4.69) is 14.9 Å². The summed E-state index contributed by atoms with van der Waals surface area (Å²) in [4.78, 5) is 13.8. The van der Waals surface area contributed by atoms with E-state index in [9.17, 15) is 13.2 Å². The zero-order valence-corrected chi connectivity index (χ0v) is 18.2. The Morgan fingerprint density at radius 2 is 1.97 bits per heavy atom. The van der Waals surface area contributed by atoms with Gasteiger partial charge in [-0.05, 0) is 61.2 Å². The molecule has 2 aromatic heterocycles. The summed E-state index contributed by atoms with van der Waals surface area (Å²) >= 11 is 1.64. The Morgan fingerprint density at radius 3 is 2.67 bits per heavy atom. The molecule has 1 aliphatic heterocycles.